The lowest BCUT2D eigenvalue weighted by molar-refractivity contribution is -0.143. The van der Waals surface area contributed by atoms with Gasteiger partial charge in [0.2, 0.25) is 17.7 Å². The first-order chi connectivity index (χ1) is 14.4. The number of carboxylic acids is 1. The molecule has 0 heterocycles. The Morgan fingerprint density at radius 1 is 0.900 bits per heavy atom. The summed E-state index contributed by atoms with van der Waals surface area (Å²) in [6, 6.07) is -1.25. The third-order valence-electron chi connectivity index (χ3n) is 3.69. The summed E-state index contributed by atoms with van der Waals surface area (Å²) in [4.78, 5) is 46.4. The molecule has 0 radical (unpaired) electrons. The Morgan fingerprint density at radius 3 is 2.30 bits per heavy atom. The van der Waals surface area contributed by atoms with Crippen molar-refractivity contribution >= 4 is 23.7 Å². The minimum Gasteiger partial charge on any atom is -0.480 e. The molecule has 0 aliphatic heterocycles. The quantitative estimate of drug-likeness (QED) is 0.0615. The normalized spacial score (nSPS) is 11.5. The molecule has 13 heteroatoms. The maximum atomic E-state index is 11.8. The van der Waals surface area contributed by atoms with Gasteiger partial charge in [0, 0.05) is 19.5 Å². The van der Waals surface area contributed by atoms with E-state index in [9.17, 15) is 24.3 Å². The van der Waals surface area contributed by atoms with Crippen LogP contribution in [-0.4, -0.2) is 87.4 Å². The Balaban J connectivity index is 3.99. The topological polar surface area (TPSA) is 207 Å². The van der Waals surface area contributed by atoms with E-state index in [0.29, 0.717) is 26.2 Å². The number of carbonyl (C=O) groups is 4. The van der Waals surface area contributed by atoms with Crippen molar-refractivity contribution in [3.8, 4) is 0 Å². The summed E-state index contributed by atoms with van der Waals surface area (Å²) >= 11 is 0. The average Bonchev–Trinajstić information content (AvgIpc) is 2.71. The van der Waals surface area contributed by atoms with E-state index in [1.807, 2.05) is 0 Å². The molecule has 0 aromatic carbocycles. The summed E-state index contributed by atoms with van der Waals surface area (Å²) in [6.45, 7) is 1.77. The van der Waals surface area contributed by atoms with Gasteiger partial charge >= 0.3 is 5.97 Å². The Labute approximate surface area is 175 Å². The van der Waals surface area contributed by atoms with E-state index in [1.165, 1.54) is 0 Å². The first-order valence-corrected chi connectivity index (χ1v) is 9.75. The van der Waals surface area contributed by atoms with Crippen LogP contribution in [0.15, 0.2) is 0 Å². The number of rotatable bonds is 19. The average molecular weight is 434 g/mol. The zero-order chi connectivity index (χ0) is 22.6. The van der Waals surface area contributed by atoms with Crippen LogP contribution in [-0.2, 0) is 28.7 Å². The number of hydrogen-bond donors (Lipinski definition) is 7. The predicted octanol–water partition coefficient (Wildman–Crippen LogP) is -3.20. The van der Waals surface area contributed by atoms with Gasteiger partial charge in [-0.15, -0.1) is 0 Å². The number of nitrogens with two attached hydrogens (primary N) is 2. The van der Waals surface area contributed by atoms with Crippen LogP contribution in [0.25, 0.3) is 0 Å². The summed E-state index contributed by atoms with van der Waals surface area (Å²) < 4.78 is 10.2. The summed E-state index contributed by atoms with van der Waals surface area (Å²) in [5.74, 6) is 2.34. The van der Waals surface area contributed by atoms with Gasteiger partial charge < -0.3 is 36.3 Å². The Morgan fingerprint density at radius 2 is 1.63 bits per heavy atom. The van der Waals surface area contributed by atoms with Crippen LogP contribution in [0, 0.1) is 0 Å². The van der Waals surface area contributed by atoms with Gasteiger partial charge in [0.15, 0.2) is 0 Å². The molecule has 0 spiro atoms. The lowest BCUT2D eigenvalue weighted by atomic mass is 10.1. The van der Waals surface area contributed by atoms with Crippen LogP contribution in [0.4, 0.5) is 0 Å². The molecule has 3 amide bonds. The second-order valence-electron chi connectivity index (χ2n) is 6.24. The van der Waals surface area contributed by atoms with Gasteiger partial charge in [0.1, 0.15) is 12.6 Å². The SMILES string of the molecule is NCCCCNC(=O)CNC(=O)CC[C@H](NC(=O)COCCOCCNN)C(=O)O. The fourth-order valence-corrected chi connectivity index (χ4v) is 2.11. The van der Waals surface area contributed by atoms with Gasteiger partial charge in [-0.1, -0.05) is 0 Å². The van der Waals surface area contributed by atoms with Gasteiger partial charge in [0.05, 0.1) is 26.4 Å². The molecule has 0 aliphatic rings. The molecule has 0 saturated carbocycles. The summed E-state index contributed by atoms with van der Waals surface area (Å²) in [5, 5.41) is 16.5. The fraction of sp³-hybridized carbons (Fsp3) is 0.765. The maximum Gasteiger partial charge on any atom is 0.326 e. The minimum absolute atomic E-state index is 0.125. The van der Waals surface area contributed by atoms with Crippen molar-refractivity contribution in [2.45, 2.75) is 31.7 Å². The van der Waals surface area contributed by atoms with E-state index < -0.39 is 23.8 Å². The van der Waals surface area contributed by atoms with Crippen LogP contribution < -0.4 is 33.0 Å². The number of unbranched alkanes of at least 4 members (excludes halogenated alkanes) is 1. The first kappa shape index (κ1) is 27.7. The highest BCUT2D eigenvalue weighted by atomic mass is 16.5. The number of hydrazine groups is 1. The molecule has 0 aromatic heterocycles. The van der Waals surface area contributed by atoms with Gasteiger partial charge in [-0.05, 0) is 25.8 Å². The zero-order valence-corrected chi connectivity index (χ0v) is 17.1. The number of carbonyl (C=O) groups excluding carboxylic acids is 3. The van der Waals surface area contributed by atoms with Crippen LogP contribution in [0.5, 0.6) is 0 Å². The standard InChI is InChI=1S/C17H34N6O7/c18-5-1-2-6-20-15(25)11-21-14(24)4-3-13(17(27)28)23-16(26)12-30-10-9-29-8-7-22-19/h13,22H,1-12,18-19H2,(H,20,25)(H,21,24)(H,23,26)(H,27,28)/t13-/m0/s1. The van der Waals surface area contributed by atoms with Gasteiger partial charge in [-0.2, -0.15) is 0 Å². The number of carboxylic acid groups (broad SMARTS) is 1. The zero-order valence-electron chi connectivity index (χ0n) is 17.1. The highest BCUT2D eigenvalue weighted by molar-refractivity contribution is 5.86. The van der Waals surface area contributed by atoms with Crippen LogP contribution in [0.3, 0.4) is 0 Å². The second-order valence-corrected chi connectivity index (χ2v) is 6.24. The van der Waals surface area contributed by atoms with Crippen molar-refractivity contribution in [1.82, 2.24) is 21.4 Å². The molecule has 0 saturated heterocycles. The molecule has 1 atom stereocenters. The van der Waals surface area contributed by atoms with E-state index in [-0.39, 0.29) is 45.1 Å². The van der Waals surface area contributed by atoms with Gasteiger partial charge in [-0.3, -0.25) is 25.7 Å². The van der Waals surface area contributed by atoms with Crippen molar-refractivity contribution in [2.75, 3.05) is 52.6 Å². The number of aliphatic carboxylic acids is 1. The number of amides is 3. The molecule has 174 valence electrons. The minimum atomic E-state index is -1.27. The van der Waals surface area contributed by atoms with Crippen molar-refractivity contribution in [1.29, 1.82) is 0 Å². The smallest absolute Gasteiger partial charge is 0.326 e. The maximum absolute atomic E-state index is 11.8. The molecule has 30 heavy (non-hydrogen) atoms. The Kier molecular flexibility index (Phi) is 17.2. The number of ether oxygens (including phenoxy) is 2. The molecular formula is C17H34N6O7. The molecular weight excluding hydrogens is 400 g/mol. The van der Waals surface area contributed by atoms with Gasteiger partial charge in [-0.25, -0.2) is 4.79 Å². The monoisotopic (exact) mass is 434 g/mol. The van der Waals surface area contributed by atoms with E-state index in [4.69, 9.17) is 21.1 Å². The molecule has 0 aliphatic carbocycles. The summed E-state index contributed by atoms with van der Waals surface area (Å²) in [5.41, 5.74) is 7.77. The molecule has 13 nitrogen and oxygen atoms in total. The van der Waals surface area contributed by atoms with Crippen molar-refractivity contribution in [2.24, 2.45) is 11.6 Å². The largest absolute Gasteiger partial charge is 0.480 e. The van der Waals surface area contributed by atoms with Crippen molar-refractivity contribution in [3.63, 3.8) is 0 Å². The second kappa shape index (κ2) is 18.7. The first-order valence-electron chi connectivity index (χ1n) is 9.75. The molecule has 9 N–H and O–H groups in total. The van der Waals surface area contributed by atoms with Crippen LogP contribution >= 0.6 is 0 Å². The van der Waals surface area contributed by atoms with Gasteiger partial charge in [0.25, 0.3) is 0 Å². The highest BCUT2D eigenvalue weighted by Gasteiger charge is 2.21. The molecule has 0 bridgehead atoms. The van der Waals surface area contributed by atoms with Crippen molar-refractivity contribution in [3.05, 3.63) is 0 Å². The molecule has 0 aromatic rings. The van der Waals surface area contributed by atoms with Crippen LogP contribution in [0.1, 0.15) is 25.7 Å². The third-order valence-corrected chi connectivity index (χ3v) is 3.69. The number of nitrogens with one attached hydrogen (secondary N) is 4. The fourth-order valence-electron chi connectivity index (χ4n) is 2.11. The lowest BCUT2D eigenvalue weighted by Gasteiger charge is -2.14. The Hall–Kier alpha value is -2.32. The number of hydrogen-bond acceptors (Lipinski definition) is 9. The molecule has 0 rings (SSSR count). The summed E-state index contributed by atoms with van der Waals surface area (Å²) in [7, 11) is 0. The van der Waals surface area contributed by atoms with E-state index in [1.54, 1.807) is 0 Å². The van der Waals surface area contributed by atoms with E-state index in [2.05, 4.69) is 21.4 Å². The third kappa shape index (κ3) is 16.6. The van der Waals surface area contributed by atoms with Crippen molar-refractivity contribution < 1.29 is 33.8 Å². The summed E-state index contributed by atoms with van der Waals surface area (Å²) in [6.07, 6.45) is 1.25. The van der Waals surface area contributed by atoms with E-state index >= 15 is 0 Å². The van der Waals surface area contributed by atoms with E-state index in [0.717, 1.165) is 12.8 Å². The lowest BCUT2D eigenvalue weighted by Crippen LogP contribution is -2.43. The highest BCUT2D eigenvalue weighted by Crippen LogP contribution is 1.98. The Bertz CT molecular complexity index is 521. The molecule has 0 fully saturated rings. The molecule has 0 unspecified atom stereocenters. The predicted molar refractivity (Wildman–Crippen MR) is 107 cm³/mol. The van der Waals surface area contributed by atoms with Crippen LogP contribution in [0.2, 0.25) is 0 Å².